The number of rotatable bonds is 4. The summed E-state index contributed by atoms with van der Waals surface area (Å²) in [4.78, 5) is 24.9. The monoisotopic (exact) mass is 280 g/mol. The van der Waals surface area contributed by atoms with Gasteiger partial charge in [0, 0.05) is 18.5 Å². The van der Waals surface area contributed by atoms with Gasteiger partial charge in [0.05, 0.1) is 5.69 Å². The molecule has 2 rings (SSSR count). The first kappa shape index (κ1) is 14.6. The van der Waals surface area contributed by atoms with E-state index in [1.807, 2.05) is 13.8 Å². The second-order valence-electron chi connectivity index (χ2n) is 5.24. The summed E-state index contributed by atoms with van der Waals surface area (Å²) in [6, 6.07) is -0.666. The largest absolute Gasteiger partial charge is 0.480 e. The molecular weight excluding hydrogens is 260 g/mol. The Kier molecular flexibility index (Phi) is 4.42. The molecule has 1 amide bonds. The Morgan fingerprint density at radius 1 is 1.40 bits per heavy atom. The Morgan fingerprint density at radius 3 is 2.75 bits per heavy atom. The van der Waals surface area contributed by atoms with Crippen LogP contribution in [0.4, 0.5) is 0 Å². The van der Waals surface area contributed by atoms with Gasteiger partial charge in [0.25, 0.3) is 0 Å². The second-order valence-corrected chi connectivity index (χ2v) is 5.24. The lowest BCUT2D eigenvalue weighted by atomic mass is 10.0. The summed E-state index contributed by atoms with van der Waals surface area (Å²) in [6.45, 7) is 4.20. The van der Waals surface area contributed by atoms with Crippen molar-refractivity contribution in [2.24, 2.45) is 0 Å². The number of hydrogen-bond donors (Lipinski definition) is 1. The number of hydrogen-bond acceptors (Lipinski definition) is 4. The number of carbonyl (C=O) groups is 2. The van der Waals surface area contributed by atoms with E-state index in [0.29, 0.717) is 25.8 Å². The number of aromatic nitrogens is 1. The van der Waals surface area contributed by atoms with Crippen molar-refractivity contribution < 1.29 is 19.2 Å². The van der Waals surface area contributed by atoms with Gasteiger partial charge in [-0.3, -0.25) is 4.79 Å². The van der Waals surface area contributed by atoms with E-state index in [1.54, 1.807) is 0 Å². The summed E-state index contributed by atoms with van der Waals surface area (Å²) in [5, 5.41) is 13.0. The number of likely N-dealkylation sites (tertiary alicyclic amines) is 1. The molecule has 1 N–H and O–H groups in total. The molecule has 1 aliphatic rings. The maximum absolute atomic E-state index is 12.2. The highest BCUT2D eigenvalue weighted by atomic mass is 16.5. The minimum Gasteiger partial charge on any atom is -0.480 e. The fraction of sp³-hybridized carbons (Fsp3) is 0.643. The predicted octanol–water partition coefficient (Wildman–Crippen LogP) is 1.69. The molecule has 1 atom stereocenters. The Hall–Kier alpha value is -1.85. The van der Waals surface area contributed by atoms with Crippen molar-refractivity contribution in [2.75, 3.05) is 6.54 Å². The van der Waals surface area contributed by atoms with Gasteiger partial charge >= 0.3 is 5.97 Å². The van der Waals surface area contributed by atoms with Crippen LogP contribution in [0.2, 0.25) is 0 Å². The summed E-state index contributed by atoms with van der Waals surface area (Å²) in [7, 11) is 0. The van der Waals surface area contributed by atoms with Crippen LogP contribution in [0.15, 0.2) is 4.52 Å². The van der Waals surface area contributed by atoms with Crippen molar-refractivity contribution in [3.8, 4) is 0 Å². The van der Waals surface area contributed by atoms with Gasteiger partial charge in [0.15, 0.2) is 0 Å². The number of aryl methyl sites for hydroxylation is 2. The molecule has 1 aliphatic heterocycles. The number of nitrogens with zero attached hydrogens (tertiary/aromatic N) is 2. The summed E-state index contributed by atoms with van der Waals surface area (Å²) in [5.41, 5.74) is 1.74. The van der Waals surface area contributed by atoms with E-state index >= 15 is 0 Å². The number of aliphatic carboxylic acids is 1. The highest BCUT2D eigenvalue weighted by Gasteiger charge is 2.31. The van der Waals surface area contributed by atoms with Crippen LogP contribution in [0.1, 0.15) is 42.7 Å². The Labute approximate surface area is 117 Å². The van der Waals surface area contributed by atoms with Gasteiger partial charge in [-0.25, -0.2) is 4.79 Å². The molecule has 2 heterocycles. The van der Waals surface area contributed by atoms with E-state index < -0.39 is 12.0 Å². The molecule has 6 nitrogen and oxygen atoms in total. The third-order valence-electron chi connectivity index (χ3n) is 3.88. The molecule has 6 heteroatoms. The number of carboxylic acid groups (broad SMARTS) is 1. The van der Waals surface area contributed by atoms with Crippen LogP contribution in [0.5, 0.6) is 0 Å². The van der Waals surface area contributed by atoms with Crippen LogP contribution in [0, 0.1) is 13.8 Å². The molecule has 0 bridgehead atoms. The molecule has 0 aromatic carbocycles. The van der Waals surface area contributed by atoms with Gasteiger partial charge in [-0.05, 0) is 39.5 Å². The zero-order valence-electron chi connectivity index (χ0n) is 11.9. The Bertz CT molecular complexity index is 490. The van der Waals surface area contributed by atoms with Gasteiger partial charge in [0.1, 0.15) is 11.8 Å². The highest BCUT2D eigenvalue weighted by molar-refractivity contribution is 5.84. The molecule has 0 spiro atoms. The van der Waals surface area contributed by atoms with Crippen molar-refractivity contribution in [2.45, 2.75) is 52.0 Å². The van der Waals surface area contributed by atoms with Crippen LogP contribution in [-0.4, -0.2) is 39.6 Å². The van der Waals surface area contributed by atoms with Crippen LogP contribution in [0.25, 0.3) is 0 Å². The summed E-state index contributed by atoms with van der Waals surface area (Å²) < 4.78 is 5.06. The predicted molar refractivity (Wildman–Crippen MR) is 71.3 cm³/mol. The van der Waals surface area contributed by atoms with Gasteiger partial charge in [-0.2, -0.15) is 0 Å². The smallest absolute Gasteiger partial charge is 0.326 e. The molecule has 1 fully saturated rings. The molecule has 0 aliphatic carbocycles. The van der Waals surface area contributed by atoms with E-state index in [0.717, 1.165) is 29.9 Å². The van der Waals surface area contributed by atoms with Gasteiger partial charge in [0.2, 0.25) is 5.91 Å². The fourth-order valence-corrected chi connectivity index (χ4v) is 2.72. The first-order valence-corrected chi connectivity index (χ1v) is 6.94. The zero-order chi connectivity index (χ0) is 14.7. The molecule has 110 valence electrons. The number of carbonyl (C=O) groups excluding carboxylic acids is 1. The van der Waals surface area contributed by atoms with E-state index in [4.69, 9.17) is 4.52 Å². The number of piperidine rings is 1. The summed E-state index contributed by atoms with van der Waals surface area (Å²) in [6.07, 6.45) is 3.13. The average Bonchev–Trinajstić information content (AvgIpc) is 2.75. The Morgan fingerprint density at radius 2 is 2.15 bits per heavy atom. The third-order valence-corrected chi connectivity index (χ3v) is 3.88. The lowest BCUT2D eigenvalue weighted by Crippen LogP contribution is -2.48. The van der Waals surface area contributed by atoms with Crippen LogP contribution in [0.3, 0.4) is 0 Å². The van der Waals surface area contributed by atoms with E-state index in [2.05, 4.69) is 5.16 Å². The van der Waals surface area contributed by atoms with Crippen LogP contribution >= 0.6 is 0 Å². The normalized spacial score (nSPS) is 19.1. The molecule has 0 unspecified atom stereocenters. The first-order valence-electron chi connectivity index (χ1n) is 6.94. The number of carboxylic acids is 1. The lowest BCUT2D eigenvalue weighted by molar-refractivity contribution is -0.152. The first-order chi connectivity index (χ1) is 9.50. The second kappa shape index (κ2) is 6.07. The van der Waals surface area contributed by atoms with Crippen LogP contribution < -0.4 is 0 Å². The van der Waals surface area contributed by atoms with E-state index in [9.17, 15) is 14.7 Å². The minimum atomic E-state index is -0.907. The van der Waals surface area contributed by atoms with Gasteiger partial charge in [-0.15, -0.1) is 0 Å². The summed E-state index contributed by atoms with van der Waals surface area (Å²) >= 11 is 0. The highest BCUT2D eigenvalue weighted by Crippen LogP contribution is 2.20. The minimum absolute atomic E-state index is 0.0999. The molecular formula is C14H20N2O4. The van der Waals surface area contributed by atoms with E-state index in [-0.39, 0.29) is 5.91 Å². The van der Waals surface area contributed by atoms with Crippen LogP contribution in [-0.2, 0) is 16.0 Å². The molecule has 20 heavy (non-hydrogen) atoms. The number of amides is 1. The van der Waals surface area contributed by atoms with Crippen molar-refractivity contribution in [1.29, 1.82) is 0 Å². The third kappa shape index (κ3) is 3.00. The van der Waals surface area contributed by atoms with Crippen molar-refractivity contribution in [1.82, 2.24) is 10.1 Å². The van der Waals surface area contributed by atoms with E-state index in [1.165, 1.54) is 4.90 Å². The average molecular weight is 280 g/mol. The molecule has 0 radical (unpaired) electrons. The maximum atomic E-state index is 12.2. The molecule has 1 saturated heterocycles. The quantitative estimate of drug-likeness (QED) is 0.907. The molecule has 1 aromatic rings. The zero-order valence-corrected chi connectivity index (χ0v) is 11.9. The lowest BCUT2D eigenvalue weighted by Gasteiger charge is -2.33. The molecule has 0 saturated carbocycles. The fourth-order valence-electron chi connectivity index (χ4n) is 2.72. The maximum Gasteiger partial charge on any atom is 0.326 e. The summed E-state index contributed by atoms with van der Waals surface area (Å²) in [5.74, 6) is -0.281. The van der Waals surface area contributed by atoms with Crippen molar-refractivity contribution in [3.05, 3.63) is 17.0 Å². The van der Waals surface area contributed by atoms with Gasteiger partial charge in [-0.1, -0.05) is 5.16 Å². The molecule has 1 aromatic heterocycles. The Balaban J connectivity index is 1.98. The van der Waals surface area contributed by atoms with Gasteiger partial charge < -0.3 is 14.5 Å². The topological polar surface area (TPSA) is 83.6 Å². The standard InChI is InChI=1S/C14H20N2O4/c1-9-11(10(2)20-15-9)6-7-13(17)16-8-4-3-5-12(16)14(18)19/h12H,3-8H2,1-2H3,(H,18,19)/t12-/m1/s1. The van der Waals surface area contributed by atoms with Crippen molar-refractivity contribution in [3.63, 3.8) is 0 Å². The SMILES string of the molecule is Cc1noc(C)c1CCC(=O)N1CCCC[C@@H]1C(=O)O. The van der Waals surface area contributed by atoms with Crippen molar-refractivity contribution >= 4 is 11.9 Å².